The minimum absolute atomic E-state index is 0.0771. The lowest BCUT2D eigenvalue weighted by Gasteiger charge is -2.31. The van der Waals surface area contributed by atoms with Crippen molar-refractivity contribution in [3.63, 3.8) is 0 Å². The Labute approximate surface area is 170 Å². The standard InChI is InChI=1S/C21H24Cl2N2O2/c1-27-18-5-2-15(3-6-18)13-24-21(26)17-8-10-25(11-9-17)14-16-4-7-19(22)20(23)12-16/h2-7,12,17H,8-11,13-14H2,1H3,(H,24,26). The number of piperidine rings is 1. The molecule has 1 amide bonds. The first-order chi connectivity index (χ1) is 13.0. The van der Waals surface area contributed by atoms with E-state index in [0.29, 0.717) is 16.6 Å². The molecule has 1 heterocycles. The molecule has 0 bridgehead atoms. The quantitative estimate of drug-likeness (QED) is 0.765. The number of methoxy groups -OCH3 is 1. The van der Waals surface area contributed by atoms with E-state index < -0.39 is 0 Å². The molecule has 2 aromatic rings. The van der Waals surface area contributed by atoms with Crippen LogP contribution in [0.1, 0.15) is 24.0 Å². The lowest BCUT2D eigenvalue weighted by Crippen LogP contribution is -2.40. The van der Waals surface area contributed by atoms with Crippen LogP contribution < -0.4 is 10.1 Å². The summed E-state index contributed by atoms with van der Waals surface area (Å²) in [5.41, 5.74) is 2.22. The highest BCUT2D eigenvalue weighted by Gasteiger charge is 2.24. The second kappa shape index (κ2) is 9.45. The third-order valence-electron chi connectivity index (χ3n) is 4.97. The third-order valence-corrected chi connectivity index (χ3v) is 5.71. The Balaban J connectivity index is 1.43. The zero-order valence-electron chi connectivity index (χ0n) is 15.4. The van der Waals surface area contributed by atoms with Crippen molar-refractivity contribution in [1.29, 1.82) is 0 Å². The Morgan fingerprint density at radius 3 is 2.37 bits per heavy atom. The number of halogens is 2. The van der Waals surface area contributed by atoms with Crippen molar-refractivity contribution >= 4 is 29.1 Å². The van der Waals surface area contributed by atoms with Crippen LogP contribution in [0.2, 0.25) is 10.0 Å². The van der Waals surface area contributed by atoms with Crippen molar-refractivity contribution in [2.75, 3.05) is 20.2 Å². The molecular formula is C21H24Cl2N2O2. The summed E-state index contributed by atoms with van der Waals surface area (Å²) in [6.45, 7) is 3.19. The summed E-state index contributed by atoms with van der Waals surface area (Å²) < 4.78 is 5.15. The van der Waals surface area contributed by atoms with Gasteiger partial charge < -0.3 is 10.1 Å². The molecule has 27 heavy (non-hydrogen) atoms. The first kappa shape index (κ1) is 20.0. The number of benzene rings is 2. The first-order valence-electron chi connectivity index (χ1n) is 9.12. The second-order valence-corrected chi connectivity index (χ2v) is 7.68. The van der Waals surface area contributed by atoms with Crippen LogP contribution in [0, 0.1) is 5.92 Å². The third kappa shape index (κ3) is 5.61. The van der Waals surface area contributed by atoms with E-state index in [1.807, 2.05) is 42.5 Å². The van der Waals surface area contributed by atoms with E-state index >= 15 is 0 Å². The Morgan fingerprint density at radius 2 is 1.74 bits per heavy atom. The number of hydrogen-bond donors (Lipinski definition) is 1. The molecule has 0 saturated carbocycles. The second-order valence-electron chi connectivity index (χ2n) is 6.86. The van der Waals surface area contributed by atoms with Gasteiger partial charge in [0.05, 0.1) is 17.2 Å². The van der Waals surface area contributed by atoms with Crippen molar-refractivity contribution in [1.82, 2.24) is 10.2 Å². The molecule has 0 spiro atoms. The number of carbonyl (C=O) groups excluding carboxylic acids is 1. The van der Waals surface area contributed by atoms with Crippen molar-refractivity contribution in [2.45, 2.75) is 25.9 Å². The highest BCUT2D eigenvalue weighted by Crippen LogP contribution is 2.25. The van der Waals surface area contributed by atoms with E-state index in [9.17, 15) is 4.79 Å². The highest BCUT2D eigenvalue weighted by atomic mass is 35.5. The molecule has 1 saturated heterocycles. The molecule has 1 aliphatic heterocycles. The first-order valence-corrected chi connectivity index (χ1v) is 9.87. The van der Waals surface area contributed by atoms with Crippen molar-refractivity contribution < 1.29 is 9.53 Å². The van der Waals surface area contributed by atoms with Gasteiger partial charge in [-0.3, -0.25) is 9.69 Å². The smallest absolute Gasteiger partial charge is 0.223 e. The Hall–Kier alpha value is -1.75. The maximum absolute atomic E-state index is 12.5. The van der Waals surface area contributed by atoms with Crippen LogP contribution in [-0.2, 0) is 17.9 Å². The highest BCUT2D eigenvalue weighted by molar-refractivity contribution is 6.42. The van der Waals surface area contributed by atoms with Gasteiger partial charge in [0, 0.05) is 19.0 Å². The fourth-order valence-corrected chi connectivity index (χ4v) is 3.65. The molecule has 1 aliphatic rings. The zero-order chi connectivity index (χ0) is 19.2. The van der Waals surface area contributed by atoms with Crippen LogP contribution in [0.25, 0.3) is 0 Å². The summed E-state index contributed by atoms with van der Waals surface area (Å²) >= 11 is 12.1. The molecule has 0 atom stereocenters. The number of nitrogens with one attached hydrogen (secondary N) is 1. The maximum Gasteiger partial charge on any atom is 0.223 e. The van der Waals surface area contributed by atoms with Gasteiger partial charge in [-0.2, -0.15) is 0 Å². The molecule has 4 nitrogen and oxygen atoms in total. The maximum atomic E-state index is 12.5. The molecule has 6 heteroatoms. The minimum atomic E-state index is 0.0771. The topological polar surface area (TPSA) is 41.6 Å². The average molecular weight is 407 g/mol. The zero-order valence-corrected chi connectivity index (χ0v) is 16.9. The molecule has 3 rings (SSSR count). The van der Waals surface area contributed by atoms with Crippen LogP contribution in [0.15, 0.2) is 42.5 Å². The van der Waals surface area contributed by atoms with Gasteiger partial charge in [-0.1, -0.05) is 41.4 Å². The molecule has 144 valence electrons. The average Bonchev–Trinajstić information content (AvgIpc) is 2.70. The molecule has 0 aliphatic carbocycles. The number of nitrogens with zero attached hydrogens (tertiary/aromatic N) is 1. The minimum Gasteiger partial charge on any atom is -0.497 e. The van der Waals surface area contributed by atoms with Gasteiger partial charge in [0.2, 0.25) is 5.91 Å². The molecule has 2 aromatic carbocycles. The molecule has 0 radical (unpaired) electrons. The Bertz CT molecular complexity index is 772. The van der Waals surface area contributed by atoms with E-state index in [2.05, 4.69) is 10.2 Å². The predicted molar refractivity (Wildman–Crippen MR) is 109 cm³/mol. The molecular weight excluding hydrogens is 383 g/mol. The predicted octanol–water partition coefficient (Wildman–Crippen LogP) is 4.53. The fourth-order valence-electron chi connectivity index (χ4n) is 3.33. The van der Waals surface area contributed by atoms with Gasteiger partial charge in [0.15, 0.2) is 0 Å². The van der Waals surface area contributed by atoms with Crippen LogP contribution >= 0.6 is 23.2 Å². The number of rotatable bonds is 6. The van der Waals surface area contributed by atoms with E-state index in [0.717, 1.165) is 49.4 Å². The number of likely N-dealkylation sites (tertiary alicyclic amines) is 1. The van der Waals surface area contributed by atoms with Gasteiger partial charge >= 0.3 is 0 Å². The van der Waals surface area contributed by atoms with Crippen LogP contribution in [0.4, 0.5) is 0 Å². The van der Waals surface area contributed by atoms with Crippen LogP contribution in [-0.4, -0.2) is 31.0 Å². The summed E-state index contributed by atoms with van der Waals surface area (Å²) in [5, 5.41) is 4.22. The van der Waals surface area contributed by atoms with Gasteiger partial charge in [0.25, 0.3) is 0 Å². The van der Waals surface area contributed by atoms with Gasteiger partial charge in [0.1, 0.15) is 5.75 Å². The lowest BCUT2D eigenvalue weighted by molar-refractivity contribution is -0.126. The number of carbonyl (C=O) groups is 1. The molecule has 0 unspecified atom stereocenters. The summed E-state index contributed by atoms with van der Waals surface area (Å²) in [7, 11) is 1.64. The summed E-state index contributed by atoms with van der Waals surface area (Å²) in [4.78, 5) is 14.8. The fraction of sp³-hybridized carbons (Fsp3) is 0.381. The number of amides is 1. The van der Waals surface area contributed by atoms with Gasteiger partial charge in [-0.05, 0) is 61.3 Å². The lowest BCUT2D eigenvalue weighted by atomic mass is 9.95. The Kier molecular flexibility index (Phi) is 7.00. The molecule has 0 aromatic heterocycles. The number of hydrogen-bond acceptors (Lipinski definition) is 3. The van der Waals surface area contributed by atoms with E-state index in [-0.39, 0.29) is 11.8 Å². The summed E-state index contributed by atoms with van der Waals surface area (Å²) in [6, 6.07) is 13.5. The van der Waals surface area contributed by atoms with E-state index in [1.54, 1.807) is 7.11 Å². The summed E-state index contributed by atoms with van der Waals surface area (Å²) in [6.07, 6.45) is 1.74. The van der Waals surface area contributed by atoms with Gasteiger partial charge in [-0.15, -0.1) is 0 Å². The molecule has 1 fully saturated rings. The van der Waals surface area contributed by atoms with Crippen molar-refractivity contribution in [3.8, 4) is 5.75 Å². The van der Waals surface area contributed by atoms with E-state index in [4.69, 9.17) is 27.9 Å². The van der Waals surface area contributed by atoms with E-state index in [1.165, 1.54) is 0 Å². The molecule has 1 N–H and O–H groups in total. The van der Waals surface area contributed by atoms with Crippen molar-refractivity contribution in [3.05, 3.63) is 63.6 Å². The SMILES string of the molecule is COc1ccc(CNC(=O)C2CCN(Cc3ccc(Cl)c(Cl)c3)CC2)cc1. The van der Waals surface area contributed by atoms with Crippen LogP contribution in [0.5, 0.6) is 5.75 Å². The van der Waals surface area contributed by atoms with Crippen molar-refractivity contribution in [2.24, 2.45) is 5.92 Å². The van der Waals surface area contributed by atoms with Gasteiger partial charge in [-0.25, -0.2) is 0 Å². The normalized spacial score (nSPS) is 15.5. The van der Waals surface area contributed by atoms with Crippen LogP contribution in [0.3, 0.4) is 0 Å². The summed E-state index contributed by atoms with van der Waals surface area (Å²) in [5.74, 6) is 1.03. The Morgan fingerprint density at radius 1 is 1.07 bits per heavy atom. The monoisotopic (exact) mass is 406 g/mol. The largest absolute Gasteiger partial charge is 0.497 e. The number of ether oxygens (including phenoxy) is 1.